The lowest BCUT2D eigenvalue weighted by atomic mass is 9.70. The molecular weight excluding hydrogens is 412 g/mol. The summed E-state index contributed by atoms with van der Waals surface area (Å²) < 4.78 is 11.7. The number of aliphatic hydroxyl groups excluding tert-OH is 1. The van der Waals surface area contributed by atoms with Crippen molar-refractivity contribution in [2.75, 3.05) is 19.8 Å². The third kappa shape index (κ3) is 3.65. The molecule has 3 aliphatic heterocycles. The molecule has 7 atom stereocenters. The van der Waals surface area contributed by atoms with Crippen LogP contribution in [0.4, 0.5) is 0 Å². The maximum absolute atomic E-state index is 14.0. The van der Waals surface area contributed by atoms with Crippen LogP contribution in [0, 0.1) is 17.8 Å². The summed E-state index contributed by atoms with van der Waals surface area (Å²) in [6, 6.07) is -1.54. The minimum absolute atomic E-state index is 0.0281. The van der Waals surface area contributed by atoms with E-state index in [1.165, 1.54) is 0 Å². The Hall–Kier alpha value is -1.93. The number of aliphatic hydroxyl groups is 1. The van der Waals surface area contributed by atoms with Crippen molar-refractivity contribution in [2.24, 2.45) is 17.8 Å². The standard InChI is InChI=1S/C24H38N2O6/c1-7-12-25(14(4)5)22(29)20-24-11-10-17(32-24)18(23(30)31-9-3)19(24)21(28)26(20)16(13-27)15(6)8-2/h7,14-20,27H,1,8-13H2,2-6H3/t15-,16-,17-,18+,19-,20?,24?/m0/s1. The molecule has 3 fully saturated rings. The largest absolute Gasteiger partial charge is 0.466 e. The van der Waals surface area contributed by atoms with Gasteiger partial charge in [-0.05, 0) is 39.5 Å². The first-order valence-corrected chi connectivity index (χ1v) is 11.9. The number of ether oxygens (including phenoxy) is 2. The third-order valence-electron chi connectivity index (χ3n) is 7.61. The van der Waals surface area contributed by atoms with Crippen LogP contribution in [0.2, 0.25) is 0 Å². The van der Waals surface area contributed by atoms with Gasteiger partial charge in [0.1, 0.15) is 11.6 Å². The molecule has 0 aliphatic carbocycles. The molecule has 8 nitrogen and oxygen atoms in total. The molecular formula is C24H38N2O6. The maximum atomic E-state index is 14.0. The van der Waals surface area contributed by atoms with E-state index in [9.17, 15) is 19.5 Å². The summed E-state index contributed by atoms with van der Waals surface area (Å²) in [6.45, 7) is 13.6. The first kappa shape index (κ1) is 24.7. The number of likely N-dealkylation sites (tertiary alicyclic amines) is 1. The lowest BCUT2D eigenvalue weighted by Crippen LogP contribution is -2.60. The molecule has 3 rings (SSSR count). The number of hydrogen-bond donors (Lipinski definition) is 1. The Morgan fingerprint density at radius 3 is 2.59 bits per heavy atom. The summed E-state index contributed by atoms with van der Waals surface area (Å²) in [5.74, 6) is -2.47. The predicted molar refractivity (Wildman–Crippen MR) is 118 cm³/mol. The molecule has 3 heterocycles. The van der Waals surface area contributed by atoms with Crippen molar-refractivity contribution in [2.45, 2.75) is 83.7 Å². The van der Waals surface area contributed by atoms with Crippen LogP contribution in [-0.2, 0) is 23.9 Å². The fraction of sp³-hybridized carbons (Fsp3) is 0.792. The average molecular weight is 451 g/mol. The third-order valence-corrected chi connectivity index (χ3v) is 7.61. The van der Waals surface area contributed by atoms with E-state index in [1.807, 2.05) is 27.7 Å². The Balaban J connectivity index is 2.12. The minimum Gasteiger partial charge on any atom is -0.466 e. The molecule has 3 aliphatic rings. The Morgan fingerprint density at radius 2 is 2.06 bits per heavy atom. The Morgan fingerprint density at radius 1 is 1.38 bits per heavy atom. The second kappa shape index (κ2) is 9.51. The Bertz CT molecular complexity index is 755. The molecule has 0 aromatic carbocycles. The number of amides is 2. The molecule has 3 saturated heterocycles. The van der Waals surface area contributed by atoms with E-state index in [4.69, 9.17) is 9.47 Å². The Kier molecular flexibility index (Phi) is 7.34. The number of hydrogen-bond acceptors (Lipinski definition) is 6. The molecule has 2 unspecified atom stereocenters. The van der Waals surface area contributed by atoms with E-state index in [0.29, 0.717) is 19.4 Å². The van der Waals surface area contributed by atoms with Crippen LogP contribution in [-0.4, -0.2) is 82.3 Å². The lowest BCUT2D eigenvalue weighted by molar-refractivity contribution is -0.157. The maximum Gasteiger partial charge on any atom is 0.312 e. The summed E-state index contributed by atoms with van der Waals surface area (Å²) in [7, 11) is 0. The molecule has 8 heteroatoms. The van der Waals surface area contributed by atoms with Gasteiger partial charge in [0.05, 0.1) is 37.2 Å². The highest BCUT2D eigenvalue weighted by Crippen LogP contribution is 2.59. The summed E-state index contributed by atoms with van der Waals surface area (Å²) in [4.78, 5) is 44.0. The van der Waals surface area contributed by atoms with Crippen LogP contribution in [0.5, 0.6) is 0 Å². The van der Waals surface area contributed by atoms with E-state index >= 15 is 0 Å². The first-order chi connectivity index (χ1) is 15.2. The van der Waals surface area contributed by atoms with E-state index in [2.05, 4.69) is 6.58 Å². The van der Waals surface area contributed by atoms with Gasteiger partial charge in [0.15, 0.2) is 0 Å². The number of fused-ring (bicyclic) bond motifs is 1. The zero-order valence-electron chi connectivity index (χ0n) is 20.0. The van der Waals surface area contributed by atoms with E-state index < -0.39 is 41.6 Å². The van der Waals surface area contributed by atoms with Crippen molar-refractivity contribution in [1.82, 2.24) is 9.80 Å². The summed E-state index contributed by atoms with van der Waals surface area (Å²) >= 11 is 0. The summed E-state index contributed by atoms with van der Waals surface area (Å²) in [5, 5.41) is 10.3. The number of esters is 1. The molecule has 0 aromatic rings. The van der Waals surface area contributed by atoms with Gasteiger partial charge in [-0.3, -0.25) is 14.4 Å². The second-order valence-corrected chi connectivity index (χ2v) is 9.56. The van der Waals surface area contributed by atoms with Gasteiger partial charge in [-0.1, -0.05) is 26.3 Å². The molecule has 180 valence electrons. The monoisotopic (exact) mass is 450 g/mol. The van der Waals surface area contributed by atoms with Gasteiger partial charge in [-0.25, -0.2) is 0 Å². The van der Waals surface area contributed by atoms with Gasteiger partial charge >= 0.3 is 5.97 Å². The fourth-order valence-corrected chi connectivity index (χ4v) is 5.90. The number of carbonyl (C=O) groups is 3. The average Bonchev–Trinajstić information content (AvgIpc) is 3.40. The zero-order valence-corrected chi connectivity index (χ0v) is 20.0. The van der Waals surface area contributed by atoms with Crippen molar-refractivity contribution in [3.8, 4) is 0 Å². The highest BCUT2D eigenvalue weighted by molar-refractivity contribution is 5.98. The lowest BCUT2D eigenvalue weighted by Gasteiger charge is -2.41. The van der Waals surface area contributed by atoms with Crippen molar-refractivity contribution >= 4 is 17.8 Å². The molecule has 2 bridgehead atoms. The van der Waals surface area contributed by atoms with Crippen LogP contribution < -0.4 is 0 Å². The summed E-state index contributed by atoms with van der Waals surface area (Å²) in [6.07, 6.45) is 3.10. The Labute approximate surface area is 190 Å². The molecule has 0 saturated carbocycles. The normalized spacial score (nSPS) is 32.7. The van der Waals surface area contributed by atoms with Gasteiger partial charge < -0.3 is 24.4 Å². The van der Waals surface area contributed by atoms with Gasteiger partial charge in [0.25, 0.3) is 0 Å². The minimum atomic E-state index is -1.08. The van der Waals surface area contributed by atoms with Crippen molar-refractivity contribution in [3.05, 3.63) is 12.7 Å². The topological polar surface area (TPSA) is 96.4 Å². The van der Waals surface area contributed by atoms with Gasteiger partial charge in [0.2, 0.25) is 11.8 Å². The highest BCUT2D eigenvalue weighted by atomic mass is 16.6. The van der Waals surface area contributed by atoms with Crippen LogP contribution >= 0.6 is 0 Å². The van der Waals surface area contributed by atoms with Crippen LogP contribution in [0.25, 0.3) is 0 Å². The molecule has 2 amide bonds. The quantitative estimate of drug-likeness (QED) is 0.402. The van der Waals surface area contributed by atoms with Crippen molar-refractivity contribution in [1.29, 1.82) is 0 Å². The molecule has 32 heavy (non-hydrogen) atoms. The SMILES string of the molecule is C=CCN(C(=O)C1N([C@@H](CO)[C@@H](C)CC)C(=O)[C@@H]2[C@H](C(=O)OCC)[C@@H]3CCC12O3)C(C)C. The van der Waals surface area contributed by atoms with Gasteiger partial charge in [-0.2, -0.15) is 0 Å². The van der Waals surface area contributed by atoms with Crippen LogP contribution in [0.15, 0.2) is 12.7 Å². The summed E-state index contributed by atoms with van der Waals surface area (Å²) in [5.41, 5.74) is -1.08. The van der Waals surface area contributed by atoms with Gasteiger partial charge in [0, 0.05) is 12.6 Å². The molecule has 1 spiro atoms. The van der Waals surface area contributed by atoms with E-state index in [-0.39, 0.29) is 37.0 Å². The second-order valence-electron chi connectivity index (χ2n) is 9.56. The van der Waals surface area contributed by atoms with Crippen LogP contribution in [0.3, 0.4) is 0 Å². The van der Waals surface area contributed by atoms with E-state index in [0.717, 1.165) is 6.42 Å². The number of carbonyl (C=O) groups excluding carboxylic acids is 3. The highest BCUT2D eigenvalue weighted by Gasteiger charge is 2.75. The van der Waals surface area contributed by atoms with Crippen LogP contribution in [0.1, 0.15) is 53.9 Å². The van der Waals surface area contributed by atoms with Crippen molar-refractivity contribution < 1.29 is 29.0 Å². The first-order valence-electron chi connectivity index (χ1n) is 11.9. The number of nitrogens with zero attached hydrogens (tertiary/aromatic N) is 2. The molecule has 0 aromatic heterocycles. The van der Waals surface area contributed by atoms with Crippen molar-refractivity contribution in [3.63, 3.8) is 0 Å². The smallest absolute Gasteiger partial charge is 0.312 e. The van der Waals surface area contributed by atoms with Gasteiger partial charge in [-0.15, -0.1) is 6.58 Å². The van der Waals surface area contributed by atoms with E-state index in [1.54, 1.807) is 22.8 Å². The fourth-order valence-electron chi connectivity index (χ4n) is 5.90. The number of rotatable bonds is 10. The molecule has 0 radical (unpaired) electrons. The molecule has 1 N–H and O–H groups in total. The zero-order chi connectivity index (χ0) is 23.8. The predicted octanol–water partition coefficient (Wildman–Crippen LogP) is 1.75.